The minimum atomic E-state index is -3.98. The van der Waals surface area contributed by atoms with Crippen LogP contribution >= 0.6 is 11.6 Å². The Morgan fingerprint density at radius 1 is 1.24 bits per heavy atom. The summed E-state index contributed by atoms with van der Waals surface area (Å²) in [5, 5.41) is 0.224. The van der Waals surface area contributed by atoms with Gasteiger partial charge in [0.2, 0.25) is 5.91 Å². The van der Waals surface area contributed by atoms with Crippen molar-refractivity contribution in [3.63, 3.8) is 0 Å². The number of rotatable bonds is 3. The van der Waals surface area contributed by atoms with Crippen molar-refractivity contribution in [2.24, 2.45) is 0 Å². The van der Waals surface area contributed by atoms with Crippen molar-refractivity contribution < 1.29 is 17.6 Å². The quantitative estimate of drug-likeness (QED) is 0.882. The Morgan fingerprint density at radius 3 is 2.72 bits per heavy atom. The first kappa shape index (κ1) is 17.7. The number of hydrogen-bond acceptors (Lipinski definition) is 3. The van der Waals surface area contributed by atoms with Crippen molar-refractivity contribution in [1.29, 1.82) is 0 Å². The standard InChI is InChI=1S/C17H16ClFN2O3S/c1-11(22)21-8-2-3-12-9-14(5-7-17(12)21)25(23,24)20-16-10-13(18)4-6-15(16)19/h4-7,9-10,20H,2-3,8H2,1H3. The molecule has 0 unspecified atom stereocenters. The second kappa shape index (κ2) is 6.65. The average molecular weight is 383 g/mol. The van der Waals surface area contributed by atoms with Gasteiger partial charge in [-0.15, -0.1) is 0 Å². The summed E-state index contributed by atoms with van der Waals surface area (Å²) in [7, 11) is -3.98. The molecule has 8 heteroatoms. The third kappa shape index (κ3) is 3.62. The average Bonchev–Trinajstić information content (AvgIpc) is 2.56. The highest BCUT2D eigenvalue weighted by Crippen LogP contribution is 2.30. The summed E-state index contributed by atoms with van der Waals surface area (Å²) in [5.74, 6) is -0.802. The SMILES string of the molecule is CC(=O)N1CCCc2cc(S(=O)(=O)Nc3cc(Cl)ccc3F)ccc21. The lowest BCUT2D eigenvalue weighted by molar-refractivity contribution is -0.116. The zero-order valence-electron chi connectivity index (χ0n) is 13.4. The number of aryl methyl sites for hydroxylation is 1. The van der Waals surface area contributed by atoms with Crippen LogP contribution in [0.4, 0.5) is 15.8 Å². The predicted molar refractivity (Wildman–Crippen MR) is 95.0 cm³/mol. The van der Waals surface area contributed by atoms with Crippen LogP contribution < -0.4 is 9.62 Å². The molecule has 0 fully saturated rings. The van der Waals surface area contributed by atoms with E-state index in [4.69, 9.17) is 11.6 Å². The molecule has 1 aliphatic heterocycles. The van der Waals surface area contributed by atoms with Crippen LogP contribution in [0.3, 0.4) is 0 Å². The molecule has 0 radical (unpaired) electrons. The summed E-state index contributed by atoms with van der Waals surface area (Å²) in [4.78, 5) is 13.3. The molecular formula is C17H16ClFN2O3S. The molecule has 1 aliphatic rings. The van der Waals surface area contributed by atoms with Crippen molar-refractivity contribution in [3.8, 4) is 0 Å². The lowest BCUT2D eigenvalue weighted by atomic mass is 10.0. The van der Waals surface area contributed by atoms with Gasteiger partial charge in [0.1, 0.15) is 5.82 Å². The highest BCUT2D eigenvalue weighted by Gasteiger charge is 2.23. The van der Waals surface area contributed by atoms with E-state index in [0.717, 1.165) is 18.1 Å². The van der Waals surface area contributed by atoms with E-state index < -0.39 is 15.8 Å². The van der Waals surface area contributed by atoms with E-state index in [2.05, 4.69) is 4.72 Å². The van der Waals surface area contributed by atoms with E-state index in [1.165, 1.54) is 31.2 Å². The fourth-order valence-corrected chi connectivity index (χ4v) is 4.13. The highest BCUT2D eigenvalue weighted by atomic mass is 35.5. The van der Waals surface area contributed by atoms with Crippen molar-refractivity contribution in [1.82, 2.24) is 0 Å². The van der Waals surface area contributed by atoms with Gasteiger partial charge in [-0.2, -0.15) is 0 Å². The van der Waals surface area contributed by atoms with Crippen LogP contribution in [0, 0.1) is 5.82 Å². The molecule has 0 aliphatic carbocycles. The number of carbonyl (C=O) groups excluding carboxylic acids is 1. The van der Waals surface area contributed by atoms with Gasteiger partial charge >= 0.3 is 0 Å². The summed E-state index contributed by atoms with van der Waals surface area (Å²) in [5.41, 5.74) is 1.28. The molecule has 2 aromatic rings. The zero-order chi connectivity index (χ0) is 18.2. The van der Waals surface area contributed by atoms with Gasteiger partial charge in [0, 0.05) is 24.2 Å². The lowest BCUT2D eigenvalue weighted by Crippen LogP contribution is -2.33. The molecule has 2 aromatic carbocycles. The molecular weight excluding hydrogens is 367 g/mol. The van der Waals surface area contributed by atoms with Crippen LogP contribution in [0.5, 0.6) is 0 Å². The fourth-order valence-electron chi connectivity index (χ4n) is 2.85. The van der Waals surface area contributed by atoms with Crippen LogP contribution in [-0.2, 0) is 21.2 Å². The van der Waals surface area contributed by atoms with Gasteiger partial charge in [-0.3, -0.25) is 9.52 Å². The first-order valence-electron chi connectivity index (χ1n) is 7.67. The second-order valence-electron chi connectivity index (χ2n) is 5.79. The first-order valence-corrected chi connectivity index (χ1v) is 9.53. The van der Waals surface area contributed by atoms with Crippen LogP contribution in [0.25, 0.3) is 0 Å². The van der Waals surface area contributed by atoms with E-state index in [0.29, 0.717) is 18.7 Å². The molecule has 3 rings (SSSR count). The number of halogens is 2. The molecule has 1 N–H and O–H groups in total. The van der Waals surface area contributed by atoms with Gasteiger partial charge < -0.3 is 4.90 Å². The molecule has 0 atom stereocenters. The van der Waals surface area contributed by atoms with Crippen LogP contribution in [0.15, 0.2) is 41.3 Å². The van der Waals surface area contributed by atoms with Gasteiger partial charge in [-0.1, -0.05) is 11.6 Å². The number of carbonyl (C=O) groups is 1. The summed E-state index contributed by atoms with van der Waals surface area (Å²) < 4.78 is 41.1. The second-order valence-corrected chi connectivity index (χ2v) is 7.91. The van der Waals surface area contributed by atoms with Crippen LogP contribution in [-0.4, -0.2) is 20.9 Å². The summed E-state index contributed by atoms with van der Waals surface area (Å²) >= 11 is 5.79. The predicted octanol–water partition coefficient (Wildman–Crippen LogP) is 3.58. The van der Waals surface area contributed by atoms with E-state index in [-0.39, 0.29) is 21.5 Å². The smallest absolute Gasteiger partial charge is 0.261 e. The number of benzene rings is 2. The molecule has 0 spiro atoms. The van der Waals surface area contributed by atoms with E-state index in [1.807, 2.05) is 0 Å². The van der Waals surface area contributed by atoms with E-state index in [9.17, 15) is 17.6 Å². The number of fused-ring (bicyclic) bond motifs is 1. The minimum Gasteiger partial charge on any atom is -0.312 e. The van der Waals surface area contributed by atoms with Gasteiger partial charge in [0.05, 0.1) is 10.6 Å². The van der Waals surface area contributed by atoms with E-state index in [1.54, 1.807) is 11.0 Å². The maximum atomic E-state index is 13.8. The summed E-state index contributed by atoms with van der Waals surface area (Å²) in [6, 6.07) is 8.19. The Labute approximate surface area is 150 Å². The largest absolute Gasteiger partial charge is 0.312 e. The Balaban J connectivity index is 1.96. The maximum absolute atomic E-state index is 13.8. The van der Waals surface area contributed by atoms with Gasteiger partial charge in [0.15, 0.2) is 0 Å². The van der Waals surface area contributed by atoms with Gasteiger partial charge in [-0.25, -0.2) is 12.8 Å². The molecule has 5 nitrogen and oxygen atoms in total. The number of sulfonamides is 1. The van der Waals surface area contributed by atoms with Gasteiger partial charge in [-0.05, 0) is 54.8 Å². The van der Waals surface area contributed by atoms with E-state index >= 15 is 0 Å². The molecule has 0 aromatic heterocycles. The number of anilines is 2. The Kier molecular flexibility index (Phi) is 4.71. The number of nitrogens with zero attached hydrogens (tertiary/aromatic N) is 1. The Hall–Kier alpha value is -2.12. The lowest BCUT2D eigenvalue weighted by Gasteiger charge is -2.28. The number of nitrogens with one attached hydrogen (secondary N) is 1. The van der Waals surface area contributed by atoms with Crippen molar-refractivity contribution in [3.05, 3.63) is 52.8 Å². The normalized spacial score (nSPS) is 14.1. The van der Waals surface area contributed by atoms with Crippen molar-refractivity contribution >= 4 is 38.9 Å². The third-order valence-corrected chi connectivity index (χ3v) is 5.63. The molecule has 132 valence electrons. The maximum Gasteiger partial charge on any atom is 0.261 e. The van der Waals surface area contributed by atoms with Crippen LogP contribution in [0.1, 0.15) is 18.9 Å². The van der Waals surface area contributed by atoms with Crippen LogP contribution in [0.2, 0.25) is 5.02 Å². The molecule has 1 amide bonds. The monoisotopic (exact) mass is 382 g/mol. The number of hydrogen-bond donors (Lipinski definition) is 1. The fraction of sp³-hybridized carbons (Fsp3) is 0.235. The first-order chi connectivity index (χ1) is 11.8. The Morgan fingerprint density at radius 2 is 2.00 bits per heavy atom. The molecule has 1 heterocycles. The molecule has 25 heavy (non-hydrogen) atoms. The summed E-state index contributed by atoms with van der Waals surface area (Å²) in [6.07, 6.45) is 1.43. The summed E-state index contributed by atoms with van der Waals surface area (Å²) in [6.45, 7) is 2.09. The number of amides is 1. The third-order valence-electron chi connectivity index (χ3n) is 4.03. The topological polar surface area (TPSA) is 66.5 Å². The molecule has 0 bridgehead atoms. The van der Waals surface area contributed by atoms with Crippen molar-refractivity contribution in [2.45, 2.75) is 24.7 Å². The zero-order valence-corrected chi connectivity index (χ0v) is 15.0. The van der Waals surface area contributed by atoms with Gasteiger partial charge in [0.25, 0.3) is 10.0 Å². The molecule has 0 saturated heterocycles. The highest BCUT2D eigenvalue weighted by molar-refractivity contribution is 7.92. The Bertz CT molecular complexity index is 947. The molecule has 0 saturated carbocycles. The minimum absolute atomic E-state index is 0.0102. The van der Waals surface area contributed by atoms with Crippen molar-refractivity contribution in [2.75, 3.05) is 16.2 Å².